The normalized spacial score (nSPS) is 11.1. The number of unbranched alkanes of at least 4 members (excludes halogenated alkanes) is 6. The zero-order chi connectivity index (χ0) is 10.9. The van der Waals surface area contributed by atoms with Crippen molar-refractivity contribution < 1.29 is 17.3 Å². The Hall–Kier alpha value is -0.200. The van der Waals surface area contributed by atoms with Crippen LogP contribution in [0.15, 0.2) is 0 Å². The van der Waals surface area contributed by atoms with Crippen molar-refractivity contribution in [2.75, 3.05) is 5.75 Å². The highest BCUT2D eigenvalue weighted by molar-refractivity contribution is 7.86. The second kappa shape index (κ2) is 10.3. The van der Waals surface area contributed by atoms with E-state index in [0.717, 1.165) is 19.3 Å². The summed E-state index contributed by atoms with van der Waals surface area (Å²) in [6.45, 7) is 2.14. The van der Waals surface area contributed by atoms with Gasteiger partial charge in [0.05, 0.1) is 5.75 Å². The number of hydrogen-bond donors (Lipinski definition) is 1. The Balaban J connectivity index is 0. The van der Waals surface area contributed by atoms with Crippen molar-refractivity contribution in [3.05, 3.63) is 0 Å². The molecule has 0 aliphatic rings. The molecule has 0 bridgehead atoms. The van der Waals surface area contributed by atoms with Gasteiger partial charge in [0.15, 0.2) is 0 Å². The van der Waals surface area contributed by atoms with Gasteiger partial charge in [0.1, 0.15) is 0 Å². The molecular formula is C9H22FNO3S. The molecule has 0 saturated carbocycles. The smallest absolute Gasteiger partial charge is 0.297 e. The predicted octanol–water partition coefficient (Wildman–Crippen LogP) is 3.13. The van der Waals surface area contributed by atoms with Crippen molar-refractivity contribution in [1.82, 2.24) is 6.15 Å². The molecule has 0 aromatic heterocycles. The highest BCUT2D eigenvalue weighted by atomic mass is 32.2. The average Bonchev–Trinajstić information content (AvgIpc) is 2.16. The minimum absolute atomic E-state index is 0. The first-order valence-electron chi connectivity index (χ1n) is 5.15. The third-order valence-electron chi connectivity index (χ3n) is 2.09. The van der Waals surface area contributed by atoms with Crippen LogP contribution in [0.1, 0.15) is 51.9 Å². The molecule has 0 saturated heterocycles. The Morgan fingerprint density at radius 3 is 1.93 bits per heavy atom. The Kier molecular flexibility index (Phi) is 11.8. The van der Waals surface area contributed by atoms with E-state index in [4.69, 9.17) is 0 Å². The second-order valence-corrected chi connectivity index (χ2v) is 5.10. The highest BCUT2D eigenvalue weighted by Gasteiger charge is 2.09. The molecule has 15 heavy (non-hydrogen) atoms. The van der Waals surface area contributed by atoms with E-state index in [0.29, 0.717) is 6.42 Å². The summed E-state index contributed by atoms with van der Waals surface area (Å²) in [4.78, 5) is 0. The maximum absolute atomic E-state index is 11.4. The molecule has 0 rings (SSSR count). The molecule has 0 aromatic rings. The Morgan fingerprint density at radius 2 is 1.47 bits per heavy atom. The molecule has 6 heteroatoms. The van der Waals surface area contributed by atoms with E-state index in [1.165, 1.54) is 19.3 Å². The molecule has 94 valence electrons. The van der Waals surface area contributed by atoms with Crippen molar-refractivity contribution in [2.45, 2.75) is 51.9 Å². The van der Waals surface area contributed by atoms with E-state index in [1.54, 1.807) is 0 Å². The van der Waals surface area contributed by atoms with Gasteiger partial charge < -0.3 is 6.15 Å². The van der Waals surface area contributed by atoms with E-state index >= 15 is 0 Å². The van der Waals surface area contributed by atoms with Crippen molar-refractivity contribution in [3.8, 4) is 0 Å². The Labute approximate surface area is 91.8 Å². The van der Waals surface area contributed by atoms with E-state index in [2.05, 4.69) is 11.3 Å². The molecule has 0 aliphatic heterocycles. The van der Waals surface area contributed by atoms with Gasteiger partial charge in [0.2, 0.25) is 0 Å². The first-order valence-corrected chi connectivity index (χ1v) is 6.73. The molecule has 0 spiro atoms. The lowest BCUT2D eigenvalue weighted by Gasteiger charge is -2.00. The molecule has 0 aromatic carbocycles. The molecule has 0 aliphatic carbocycles. The van der Waals surface area contributed by atoms with Gasteiger partial charge >= 0.3 is 0 Å². The molecule has 0 radical (unpaired) electrons. The summed E-state index contributed by atoms with van der Waals surface area (Å²) < 4.78 is 35.3. The average molecular weight is 243 g/mol. The van der Waals surface area contributed by atoms with Crippen LogP contribution in [-0.4, -0.2) is 14.2 Å². The van der Waals surface area contributed by atoms with Gasteiger partial charge in [-0.2, -0.15) is 8.42 Å². The van der Waals surface area contributed by atoms with Crippen LogP contribution in [0.4, 0.5) is 4.53 Å². The van der Waals surface area contributed by atoms with Gasteiger partial charge in [-0.1, -0.05) is 49.8 Å². The maximum Gasteiger partial charge on any atom is 0.297 e. The van der Waals surface area contributed by atoms with E-state index in [9.17, 15) is 12.9 Å². The van der Waals surface area contributed by atoms with Crippen LogP contribution in [-0.2, 0) is 14.5 Å². The molecule has 0 unspecified atom stereocenters. The van der Waals surface area contributed by atoms with Gasteiger partial charge in [-0.3, -0.25) is 0 Å². The Bertz CT molecular complexity index is 219. The van der Waals surface area contributed by atoms with E-state index in [1.807, 2.05) is 0 Å². The van der Waals surface area contributed by atoms with Crippen molar-refractivity contribution in [2.24, 2.45) is 0 Å². The summed E-state index contributed by atoms with van der Waals surface area (Å²) in [5.74, 6) is -0.211. The van der Waals surface area contributed by atoms with Crippen LogP contribution in [0.3, 0.4) is 0 Å². The van der Waals surface area contributed by atoms with Crippen LogP contribution in [0.25, 0.3) is 0 Å². The maximum atomic E-state index is 11.4. The minimum Gasteiger partial charge on any atom is -0.344 e. The summed E-state index contributed by atoms with van der Waals surface area (Å²) in [5, 5.41) is 0. The van der Waals surface area contributed by atoms with Crippen molar-refractivity contribution >= 4 is 10.1 Å². The van der Waals surface area contributed by atoms with Crippen LogP contribution in [0.2, 0.25) is 0 Å². The summed E-state index contributed by atoms with van der Waals surface area (Å²) in [6.07, 6.45) is 7.08. The molecule has 0 atom stereocenters. The fourth-order valence-electron chi connectivity index (χ4n) is 1.27. The molecule has 0 heterocycles. The van der Waals surface area contributed by atoms with Crippen LogP contribution >= 0.6 is 0 Å². The topological polar surface area (TPSA) is 78.4 Å². The van der Waals surface area contributed by atoms with Gasteiger partial charge in [-0.25, -0.2) is 0 Å². The molecule has 4 nitrogen and oxygen atoms in total. The number of rotatable bonds is 9. The SMILES string of the molecule is CCCCCCCCCS(=O)(=O)OF.N. The van der Waals surface area contributed by atoms with Crippen LogP contribution in [0.5, 0.6) is 0 Å². The molecule has 0 fully saturated rings. The number of hydrogen-bond acceptors (Lipinski definition) is 4. The van der Waals surface area contributed by atoms with Crippen molar-refractivity contribution in [3.63, 3.8) is 0 Å². The van der Waals surface area contributed by atoms with Crippen LogP contribution in [0, 0.1) is 0 Å². The Morgan fingerprint density at radius 1 is 1.00 bits per heavy atom. The van der Waals surface area contributed by atoms with Gasteiger partial charge in [-0.05, 0) is 10.9 Å². The highest BCUT2D eigenvalue weighted by Crippen LogP contribution is 2.08. The lowest BCUT2D eigenvalue weighted by Crippen LogP contribution is -2.05. The second-order valence-electron chi connectivity index (χ2n) is 3.45. The van der Waals surface area contributed by atoms with Crippen LogP contribution < -0.4 is 6.15 Å². The monoisotopic (exact) mass is 243 g/mol. The predicted molar refractivity (Wildman–Crippen MR) is 59.0 cm³/mol. The fourth-order valence-corrected chi connectivity index (χ4v) is 1.89. The first kappa shape index (κ1) is 17.2. The van der Waals surface area contributed by atoms with Gasteiger partial charge in [0, 0.05) is 0 Å². The summed E-state index contributed by atoms with van der Waals surface area (Å²) in [7, 11) is -3.88. The minimum atomic E-state index is -3.88. The molecular weight excluding hydrogens is 221 g/mol. The van der Waals surface area contributed by atoms with E-state index < -0.39 is 10.1 Å². The molecule has 0 amide bonds. The van der Waals surface area contributed by atoms with E-state index in [-0.39, 0.29) is 11.9 Å². The summed E-state index contributed by atoms with van der Waals surface area (Å²) in [6, 6.07) is 0. The molecule has 3 N–H and O–H groups in total. The first-order chi connectivity index (χ1) is 6.62. The fraction of sp³-hybridized carbons (Fsp3) is 1.00. The number of halogens is 1. The third kappa shape index (κ3) is 11.7. The third-order valence-corrected chi connectivity index (χ3v) is 3.07. The van der Waals surface area contributed by atoms with Crippen molar-refractivity contribution in [1.29, 1.82) is 0 Å². The zero-order valence-corrected chi connectivity index (χ0v) is 10.2. The lowest BCUT2D eigenvalue weighted by molar-refractivity contribution is 0.00288. The quantitative estimate of drug-likeness (QED) is 0.631. The lowest BCUT2D eigenvalue weighted by atomic mass is 10.1. The standard InChI is InChI=1S/C9H19FO3S.H3N/c1-2-3-4-5-6-7-8-9-14(11,12)13-10;/h2-9H2,1H3;1H3. The van der Waals surface area contributed by atoms with Gasteiger partial charge in [-0.15, -0.1) is 0 Å². The largest absolute Gasteiger partial charge is 0.344 e. The summed E-state index contributed by atoms with van der Waals surface area (Å²) in [5.41, 5.74) is 0. The summed E-state index contributed by atoms with van der Waals surface area (Å²) >= 11 is 0. The zero-order valence-electron chi connectivity index (χ0n) is 9.37. The van der Waals surface area contributed by atoms with Gasteiger partial charge in [0.25, 0.3) is 10.1 Å².